The fraction of sp³-hybridized carbons (Fsp3) is 0.462. The zero-order valence-corrected chi connectivity index (χ0v) is 11.0. The van der Waals surface area contributed by atoms with Crippen molar-refractivity contribution in [3.63, 3.8) is 0 Å². The molecule has 1 aliphatic heterocycles. The van der Waals surface area contributed by atoms with Crippen molar-refractivity contribution in [2.75, 3.05) is 13.2 Å². The van der Waals surface area contributed by atoms with Gasteiger partial charge in [-0.25, -0.2) is 4.39 Å². The Hall–Kier alpha value is -0.740. The predicted octanol–water partition coefficient (Wildman–Crippen LogP) is 3.13. The summed E-state index contributed by atoms with van der Waals surface area (Å²) in [5.41, 5.74) is 0.856. The minimum atomic E-state index is -0.299. The van der Waals surface area contributed by atoms with E-state index in [1.54, 1.807) is 12.1 Å². The molecule has 0 spiro atoms. The van der Waals surface area contributed by atoms with Gasteiger partial charge >= 0.3 is 0 Å². The largest absolute Gasteiger partial charge is 0.381 e. The first-order valence-electron chi connectivity index (χ1n) is 5.71. The molecule has 17 heavy (non-hydrogen) atoms. The number of ether oxygens (including phenoxy) is 1. The fourth-order valence-corrected chi connectivity index (χ4v) is 2.44. The second-order valence-electron chi connectivity index (χ2n) is 4.28. The number of rotatable bonds is 3. The van der Waals surface area contributed by atoms with Gasteiger partial charge < -0.3 is 4.74 Å². The second-order valence-corrected chi connectivity index (χ2v) is 5.13. The molecule has 0 bridgehead atoms. The maximum Gasteiger partial charge on any atom is 0.140 e. The summed E-state index contributed by atoms with van der Waals surface area (Å²) in [6.45, 7) is 1.34. The van der Waals surface area contributed by atoms with Crippen LogP contribution >= 0.6 is 15.9 Å². The van der Waals surface area contributed by atoms with Crippen LogP contribution in [-0.4, -0.2) is 19.0 Å². The first kappa shape index (κ1) is 12.7. The van der Waals surface area contributed by atoms with E-state index < -0.39 is 0 Å². The van der Waals surface area contributed by atoms with Gasteiger partial charge in [0.2, 0.25) is 0 Å². The summed E-state index contributed by atoms with van der Waals surface area (Å²) >= 11 is 3.13. The smallest absolute Gasteiger partial charge is 0.140 e. The van der Waals surface area contributed by atoms with E-state index >= 15 is 0 Å². The van der Waals surface area contributed by atoms with Gasteiger partial charge in [-0.3, -0.25) is 4.79 Å². The zero-order valence-electron chi connectivity index (χ0n) is 9.42. The van der Waals surface area contributed by atoms with Crippen LogP contribution in [0.2, 0.25) is 0 Å². The van der Waals surface area contributed by atoms with E-state index in [9.17, 15) is 9.18 Å². The summed E-state index contributed by atoms with van der Waals surface area (Å²) < 4.78 is 18.7. The number of ketones is 1. The summed E-state index contributed by atoms with van der Waals surface area (Å²) in [5.74, 6) is 0.0339. The highest BCUT2D eigenvalue weighted by molar-refractivity contribution is 9.10. The molecule has 1 heterocycles. The Balaban J connectivity index is 1.99. The Morgan fingerprint density at radius 1 is 1.41 bits per heavy atom. The molecule has 0 aromatic heterocycles. The molecule has 0 unspecified atom stereocenters. The van der Waals surface area contributed by atoms with Crippen molar-refractivity contribution >= 4 is 21.7 Å². The zero-order chi connectivity index (χ0) is 12.3. The van der Waals surface area contributed by atoms with Gasteiger partial charge in [-0.2, -0.15) is 0 Å². The molecular weight excluding hydrogens is 287 g/mol. The highest BCUT2D eigenvalue weighted by Crippen LogP contribution is 2.21. The van der Waals surface area contributed by atoms with Gasteiger partial charge in [-0.15, -0.1) is 0 Å². The summed E-state index contributed by atoms with van der Waals surface area (Å²) in [6, 6.07) is 4.72. The SMILES string of the molecule is O=C(Cc1ccc(F)c(Br)c1)C1CCOCC1. The predicted molar refractivity (Wildman–Crippen MR) is 66.4 cm³/mol. The number of halogens is 2. The van der Waals surface area contributed by atoms with Gasteiger partial charge in [-0.1, -0.05) is 6.07 Å². The molecule has 0 aliphatic carbocycles. The summed E-state index contributed by atoms with van der Waals surface area (Å²) in [7, 11) is 0. The van der Waals surface area contributed by atoms with Crippen LogP contribution in [0, 0.1) is 11.7 Å². The third-order valence-corrected chi connectivity index (χ3v) is 3.65. The molecule has 1 fully saturated rings. The van der Waals surface area contributed by atoms with E-state index in [-0.39, 0.29) is 17.5 Å². The van der Waals surface area contributed by atoms with Gasteiger partial charge in [0.25, 0.3) is 0 Å². The summed E-state index contributed by atoms with van der Waals surface area (Å²) in [4.78, 5) is 12.0. The van der Waals surface area contributed by atoms with Crippen LogP contribution in [0.25, 0.3) is 0 Å². The average Bonchev–Trinajstić information content (AvgIpc) is 2.35. The second kappa shape index (κ2) is 5.74. The number of carbonyl (C=O) groups is 1. The lowest BCUT2D eigenvalue weighted by molar-refractivity contribution is -0.125. The molecule has 1 aliphatic rings. The van der Waals surface area contributed by atoms with Gasteiger partial charge in [0, 0.05) is 25.6 Å². The van der Waals surface area contributed by atoms with Crippen LogP contribution in [0.15, 0.2) is 22.7 Å². The number of Topliss-reactive ketones (excluding diaryl/α,β-unsaturated/α-hetero) is 1. The molecular formula is C13H14BrFO2. The Kier molecular flexibility index (Phi) is 4.29. The first-order chi connectivity index (χ1) is 8.16. The third kappa shape index (κ3) is 3.36. The van der Waals surface area contributed by atoms with Crippen LogP contribution in [0.4, 0.5) is 4.39 Å². The molecule has 2 nitrogen and oxygen atoms in total. The fourth-order valence-electron chi connectivity index (χ4n) is 2.01. The van der Waals surface area contributed by atoms with Gasteiger partial charge in [0.05, 0.1) is 4.47 Å². The number of carbonyl (C=O) groups excluding carboxylic acids is 1. The van der Waals surface area contributed by atoms with Crippen molar-refractivity contribution in [3.8, 4) is 0 Å². The van der Waals surface area contributed by atoms with Crippen molar-refractivity contribution < 1.29 is 13.9 Å². The molecule has 92 valence electrons. The van der Waals surface area contributed by atoms with Gasteiger partial charge in [0.15, 0.2) is 0 Å². The highest BCUT2D eigenvalue weighted by Gasteiger charge is 2.21. The Bertz CT molecular complexity index is 414. The Labute approximate surface area is 108 Å². The molecule has 0 radical (unpaired) electrons. The molecule has 1 saturated heterocycles. The molecule has 0 atom stereocenters. The molecule has 1 aromatic carbocycles. The molecule has 1 aromatic rings. The summed E-state index contributed by atoms with van der Waals surface area (Å²) in [5, 5.41) is 0. The lowest BCUT2D eigenvalue weighted by Crippen LogP contribution is -2.24. The first-order valence-corrected chi connectivity index (χ1v) is 6.50. The van der Waals surface area contributed by atoms with E-state index in [4.69, 9.17) is 4.74 Å². The number of hydrogen-bond acceptors (Lipinski definition) is 2. The topological polar surface area (TPSA) is 26.3 Å². The highest BCUT2D eigenvalue weighted by atomic mass is 79.9. The Morgan fingerprint density at radius 3 is 2.76 bits per heavy atom. The maximum atomic E-state index is 13.0. The minimum Gasteiger partial charge on any atom is -0.381 e. The van der Waals surface area contributed by atoms with E-state index in [0.717, 1.165) is 18.4 Å². The van der Waals surface area contributed by atoms with Crippen molar-refractivity contribution in [2.45, 2.75) is 19.3 Å². The molecule has 2 rings (SSSR count). The van der Waals surface area contributed by atoms with Crippen molar-refractivity contribution in [1.29, 1.82) is 0 Å². The lowest BCUT2D eigenvalue weighted by atomic mass is 9.91. The van der Waals surface area contributed by atoms with Gasteiger partial charge in [-0.05, 0) is 46.5 Å². The normalized spacial score (nSPS) is 17.1. The van der Waals surface area contributed by atoms with Crippen LogP contribution < -0.4 is 0 Å². The van der Waals surface area contributed by atoms with Crippen LogP contribution in [0.5, 0.6) is 0 Å². The van der Waals surface area contributed by atoms with Crippen molar-refractivity contribution in [1.82, 2.24) is 0 Å². The van der Waals surface area contributed by atoms with Crippen LogP contribution in [-0.2, 0) is 16.0 Å². The van der Waals surface area contributed by atoms with E-state index in [0.29, 0.717) is 24.1 Å². The molecule has 0 saturated carbocycles. The van der Waals surface area contributed by atoms with Crippen LogP contribution in [0.1, 0.15) is 18.4 Å². The average molecular weight is 301 g/mol. The van der Waals surface area contributed by atoms with Gasteiger partial charge in [0.1, 0.15) is 11.6 Å². The standard InChI is InChI=1S/C13H14BrFO2/c14-11-7-9(1-2-12(11)15)8-13(16)10-3-5-17-6-4-10/h1-2,7,10H,3-6,8H2. The van der Waals surface area contributed by atoms with E-state index in [1.807, 2.05) is 0 Å². The summed E-state index contributed by atoms with van der Waals surface area (Å²) in [6.07, 6.45) is 1.99. The van der Waals surface area contributed by atoms with E-state index in [1.165, 1.54) is 6.07 Å². The minimum absolute atomic E-state index is 0.104. The lowest BCUT2D eigenvalue weighted by Gasteiger charge is -2.20. The third-order valence-electron chi connectivity index (χ3n) is 3.04. The van der Waals surface area contributed by atoms with Crippen LogP contribution in [0.3, 0.4) is 0 Å². The van der Waals surface area contributed by atoms with Crippen molar-refractivity contribution in [3.05, 3.63) is 34.1 Å². The molecule has 0 amide bonds. The Morgan fingerprint density at radius 2 is 2.12 bits per heavy atom. The quantitative estimate of drug-likeness (QED) is 0.857. The maximum absolute atomic E-state index is 13.0. The number of benzene rings is 1. The van der Waals surface area contributed by atoms with Crippen molar-refractivity contribution in [2.24, 2.45) is 5.92 Å². The number of hydrogen-bond donors (Lipinski definition) is 0. The molecule has 0 N–H and O–H groups in total. The molecule has 4 heteroatoms. The van der Waals surface area contributed by atoms with E-state index in [2.05, 4.69) is 15.9 Å². The monoisotopic (exact) mass is 300 g/mol.